The summed E-state index contributed by atoms with van der Waals surface area (Å²) in [6, 6.07) is 13.3. The maximum atomic E-state index is 12.0. The van der Waals surface area contributed by atoms with E-state index in [9.17, 15) is 9.59 Å². The van der Waals surface area contributed by atoms with Gasteiger partial charge in [0.25, 0.3) is 0 Å². The molecule has 20 heavy (non-hydrogen) atoms. The number of hydrogen-bond donors (Lipinski definition) is 0. The normalized spacial score (nSPS) is 10.9. The minimum Gasteiger partial charge on any atom is -0.298 e. The third-order valence-corrected chi connectivity index (χ3v) is 4.15. The van der Waals surface area contributed by atoms with Gasteiger partial charge < -0.3 is 0 Å². The van der Waals surface area contributed by atoms with Crippen LogP contribution in [0.5, 0.6) is 0 Å². The molecule has 0 heterocycles. The molecule has 0 radical (unpaired) electrons. The molecule has 0 amide bonds. The van der Waals surface area contributed by atoms with Crippen LogP contribution in [0.25, 0.3) is 21.5 Å². The van der Waals surface area contributed by atoms with Crippen LogP contribution in [0.4, 0.5) is 0 Å². The van der Waals surface area contributed by atoms with E-state index in [0.717, 1.165) is 32.3 Å². The highest BCUT2D eigenvalue weighted by Crippen LogP contribution is 2.35. The van der Waals surface area contributed by atoms with E-state index in [1.165, 1.54) is 6.92 Å². The maximum absolute atomic E-state index is 12.0. The fraction of sp³-hybridized carbons (Fsp3) is 0.0588. The Kier molecular flexibility index (Phi) is 3.14. The quantitative estimate of drug-likeness (QED) is 0.386. The molecule has 0 atom stereocenters. The van der Waals surface area contributed by atoms with Crippen LogP contribution >= 0.6 is 15.9 Å². The molecule has 0 unspecified atom stereocenters. The number of fused-ring (bicyclic) bond motifs is 3. The van der Waals surface area contributed by atoms with Gasteiger partial charge in [0, 0.05) is 26.4 Å². The first-order chi connectivity index (χ1) is 9.63. The Hall–Kier alpha value is -2.00. The summed E-state index contributed by atoms with van der Waals surface area (Å²) in [5, 5.41) is 3.66. The van der Waals surface area contributed by atoms with Crippen LogP contribution in [-0.2, 0) is 0 Å². The lowest BCUT2D eigenvalue weighted by molar-refractivity contribution is 0.101. The number of ketones is 1. The number of benzene rings is 3. The number of Topliss-reactive ketones (excluding diaryl/α,β-unsaturated/α-hetero) is 1. The van der Waals surface area contributed by atoms with Gasteiger partial charge in [-0.2, -0.15) is 0 Å². The smallest absolute Gasteiger partial charge is 0.160 e. The molecule has 0 fully saturated rings. The highest BCUT2D eigenvalue weighted by atomic mass is 79.9. The van der Waals surface area contributed by atoms with Crippen molar-refractivity contribution in [2.45, 2.75) is 6.92 Å². The number of carbonyl (C=O) groups is 2. The Morgan fingerprint density at radius 1 is 1.10 bits per heavy atom. The van der Waals surface area contributed by atoms with Gasteiger partial charge in [-0.1, -0.05) is 40.2 Å². The molecule has 0 aliphatic heterocycles. The van der Waals surface area contributed by atoms with E-state index in [-0.39, 0.29) is 5.78 Å². The van der Waals surface area contributed by atoms with Gasteiger partial charge in [0.1, 0.15) is 0 Å². The third kappa shape index (κ3) is 1.86. The Morgan fingerprint density at radius 2 is 1.85 bits per heavy atom. The number of rotatable bonds is 2. The Balaban J connectivity index is 2.69. The molecule has 3 heteroatoms. The first kappa shape index (κ1) is 13.0. The van der Waals surface area contributed by atoms with E-state index in [2.05, 4.69) is 15.9 Å². The van der Waals surface area contributed by atoms with Crippen molar-refractivity contribution in [1.29, 1.82) is 0 Å². The SMILES string of the molecule is CC(=O)c1cc2ccccc2c2c(Br)ccc(C=O)c12. The monoisotopic (exact) mass is 326 g/mol. The van der Waals surface area contributed by atoms with Gasteiger partial charge in [0.15, 0.2) is 12.1 Å². The van der Waals surface area contributed by atoms with Crippen LogP contribution in [0.1, 0.15) is 27.6 Å². The zero-order valence-corrected chi connectivity index (χ0v) is 12.4. The lowest BCUT2D eigenvalue weighted by Gasteiger charge is -2.12. The van der Waals surface area contributed by atoms with E-state index in [4.69, 9.17) is 0 Å². The lowest BCUT2D eigenvalue weighted by atomic mass is 9.93. The van der Waals surface area contributed by atoms with E-state index >= 15 is 0 Å². The molecule has 0 aliphatic carbocycles. The standard InChI is InChI=1S/C17H11BrO2/c1-10(20)14-8-11-4-2-3-5-13(11)17-15(18)7-6-12(9-19)16(14)17/h2-9H,1H3. The summed E-state index contributed by atoms with van der Waals surface area (Å²) >= 11 is 3.54. The second-order valence-electron chi connectivity index (χ2n) is 4.71. The molecular formula is C17H11BrO2. The van der Waals surface area contributed by atoms with E-state index in [0.29, 0.717) is 11.1 Å². The van der Waals surface area contributed by atoms with Crippen LogP contribution in [0.2, 0.25) is 0 Å². The number of carbonyl (C=O) groups excluding carboxylic acids is 2. The van der Waals surface area contributed by atoms with Crippen molar-refractivity contribution in [3.8, 4) is 0 Å². The highest BCUT2D eigenvalue weighted by molar-refractivity contribution is 9.10. The van der Waals surface area contributed by atoms with Crippen LogP contribution in [0.3, 0.4) is 0 Å². The Bertz CT molecular complexity index is 866. The predicted molar refractivity (Wildman–Crippen MR) is 84.5 cm³/mol. The first-order valence-corrected chi connectivity index (χ1v) is 7.03. The molecule has 0 bridgehead atoms. The molecule has 3 aromatic carbocycles. The molecule has 0 spiro atoms. The first-order valence-electron chi connectivity index (χ1n) is 6.23. The second-order valence-corrected chi connectivity index (χ2v) is 5.56. The molecule has 0 saturated carbocycles. The van der Waals surface area contributed by atoms with Gasteiger partial charge in [-0.05, 0) is 35.9 Å². The summed E-state index contributed by atoms with van der Waals surface area (Å²) in [4.78, 5) is 23.3. The predicted octanol–water partition coefficient (Wildman–Crippen LogP) is 4.77. The second kappa shape index (κ2) is 4.84. The summed E-state index contributed by atoms with van der Waals surface area (Å²) in [6.45, 7) is 1.53. The average molecular weight is 327 g/mol. The van der Waals surface area contributed by atoms with Crippen molar-refractivity contribution in [2.75, 3.05) is 0 Å². The fourth-order valence-corrected chi connectivity index (χ4v) is 3.14. The molecule has 0 aromatic heterocycles. The minimum absolute atomic E-state index is 0.0399. The van der Waals surface area contributed by atoms with Gasteiger partial charge in [-0.3, -0.25) is 9.59 Å². The molecule has 98 valence electrons. The van der Waals surface area contributed by atoms with Crippen LogP contribution in [0.15, 0.2) is 46.9 Å². The number of halogens is 1. The summed E-state index contributed by atoms with van der Waals surface area (Å²) in [5.41, 5.74) is 1.13. The molecule has 0 aliphatic rings. The van der Waals surface area contributed by atoms with Crippen LogP contribution in [-0.4, -0.2) is 12.1 Å². The van der Waals surface area contributed by atoms with Crippen molar-refractivity contribution >= 4 is 49.5 Å². The molecule has 2 nitrogen and oxygen atoms in total. The largest absolute Gasteiger partial charge is 0.298 e. The average Bonchev–Trinajstić information content (AvgIpc) is 2.46. The third-order valence-electron chi connectivity index (χ3n) is 3.49. The van der Waals surface area contributed by atoms with Crippen LogP contribution in [0, 0.1) is 0 Å². The van der Waals surface area contributed by atoms with Crippen molar-refractivity contribution in [2.24, 2.45) is 0 Å². The molecule has 3 aromatic rings. The van der Waals surface area contributed by atoms with E-state index < -0.39 is 0 Å². The van der Waals surface area contributed by atoms with Gasteiger partial charge in [0.05, 0.1) is 0 Å². The van der Waals surface area contributed by atoms with Crippen molar-refractivity contribution < 1.29 is 9.59 Å². The Morgan fingerprint density at radius 3 is 2.55 bits per heavy atom. The molecule has 0 N–H and O–H groups in total. The van der Waals surface area contributed by atoms with Gasteiger partial charge in [-0.25, -0.2) is 0 Å². The van der Waals surface area contributed by atoms with Gasteiger partial charge in [-0.15, -0.1) is 0 Å². The molecule has 3 rings (SSSR count). The lowest BCUT2D eigenvalue weighted by Crippen LogP contribution is -1.98. The topological polar surface area (TPSA) is 34.1 Å². The van der Waals surface area contributed by atoms with Crippen LogP contribution < -0.4 is 0 Å². The van der Waals surface area contributed by atoms with E-state index in [1.54, 1.807) is 6.07 Å². The number of aldehydes is 1. The highest BCUT2D eigenvalue weighted by Gasteiger charge is 2.15. The zero-order chi connectivity index (χ0) is 14.3. The van der Waals surface area contributed by atoms with Crippen molar-refractivity contribution in [3.05, 3.63) is 58.1 Å². The van der Waals surface area contributed by atoms with Crippen molar-refractivity contribution in [3.63, 3.8) is 0 Å². The Labute approximate surface area is 124 Å². The number of hydrogen-bond acceptors (Lipinski definition) is 2. The maximum Gasteiger partial charge on any atom is 0.160 e. The van der Waals surface area contributed by atoms with Crippen molar-refractivity contribution in [1.82, 2.24) is 0 Å². The summed E-state index contributed by atoms with van der Waals surface area (Å²) < 4.78 is 0.886. The van der Waals surface area contributed by atoms with Gasteiger partial charge in [0.2, 0.25) is 0 Å². The van der Waals surface area contributed by atoms with E-state index in [1.807, 2.05) is 36.4 Å². The fourth-order valence-electron chi connectivity index (χ4n) is 2.60. The summed E-state index contributed by atoms with van der Waals surface area (Å²) in [5.74, 6) is -0.0399. The minimum atomic E-state index is -0.0399. The molecule has 0 saturated heterocycles. The summed E-state index contributed by atoms with van der Waals surface area (Å²) in [6.07, 6.45) is 0.802. The summed E-state index contributed by atoms with van der Waals surface area (Å²) in [7, 11) is 0. The molecular weight excluding hydrogens is 316 g/mol. The zero-order valence-electron chi connectivity index (χ0n) is 10.8. The van der Waals surface area contributed by atoms with Gasteiger partial charge >= 0.3 is 0 Å².